The van der Waals surface area contributed by atoms with Gasteiger partial charge in [0.05, 0.1) is 35.4 Å². The molecule has 0 fully saturated rings. The van der Waals surface area contributed by atoms with Crippen LogP contribution in [0.25, 0.3) is 0 Å². The van der Waals surface area contributed by atoms with Gasteiger partial charge >= 0.3 is 0 Å². The van der Waals surface area contributed by atoms with E-state index >= 15 is 0 Å². The lowest BCUT2D eigenvalue weighted by atomic mass is 10.00. The molecule has 2 atom stereocenters. The average Bonchev–Trinajstić information content (AvgIpc) is 3.17. The topological polar surface area (TPSA) is 113 Å². The Labute approximate surface area is 192 Å². The minimum absolute atomic E-state index is 0.00126. The molecule has 3 aromatic carbocycles. The fourth-order valence-corrected chi connectivity index (χ4v) is 5.69. The summed E-state index contributed by atoms with van der Waals surface area (Å²) in [5.74, 6) is 0.0675. The second kappa shape index (κ2) is 8.90. The predicted octanol–water partition coefficient (Wildman–Crippen LogP) is 3.43. The van der Waals surface area contributed by atoms with Crippen molar-refractivity contribution in [3.63, 3.8) is 0 Å². The van der Waals surface area contributed by atoms with E-state index in [1.54, 1.807) is 72.8 Å². The predicted molar refractivity (Wildman–Crippen MR) is 123 cm³/mol. The summed E-state index contributed by atoms with van der Waals surface area (Å²) in [5, 5.41) is 9.95. The lowest BCUT2D eigenvalue weighted by Crippen LogP contribution is -2.45. The van der Waals surface area contributed by atoms with Crippen LogP contribution in [0.2, 0.25) is 0 Å². The molecule has 0 bridgehead atoms. The van der Waals surface area contributed by atoms with E-state index in [2.05, 4.69) is 0 Å². The van der Waals surface area contributed by atoms with Crippen LogP contribution in [-0.2, 0) is 10.0 Å². The van der Waals surface area contributed by atoms with Gasteiger partial charge in [0.15, 0.2) is 5.78 Å². The van der Waals surface area contributed by atoms with Crippen molar-refractivity contribution in [1.82, 2.24) is 4.31 Å². The van der Waals surface area contributed by atoms with E-state index in [4.69, 9.17) is 10.5 Å². The minimum Gasteiger partial charge on any atom is -0.497 e. The Kier molecular flexibility index (Phi) is 6.01. The highest BCUT2D eigenvalue weighted by atomic mass is 32.2. The largest absolute Gasteiger partial charge is 0.497 e. The second-order valence-electron chi connectivity index (χ2n) is 7.44. The number of nitriles is 1. The minimum atomic E-state index is -4.22. The van der Waals surface area contributed by atoms with E-state index in [1.807, 2.05) is 6.07 Å². The van der Waals surface area contributed by atoms with Crippen molar-refractivity contribution < 1.29 is 17.9 Å². The molecule has 0 spiro atoms. The molecule has 0 radical (unpaired) electrons. The Hall–Kier alpha value is -3.93. The van der Waals surface area contributed by atoms with Gasteiger partial charge in [-0.25, -0.2) is 8.42 Å². The van der Waals surface area contributed by atoms with Crippen molar-refractivity contribution in [1.29, 1.82) is 5.26 Å². The van der Waals surface area contributed by atoms with E-state index in [0.717, 1.165) is 4.31 Å². The number of Topliss-reactive ketones (excluding diaryl/α,β-unsaturated/α-hetero) is 1. The van der Waals surface area contributed by atoms with Crippen molar-refractivity contribution in [2.45, 2.75) is 17.0 Å². The zero-order chi connectivity index (χ0) is 23.6. The first-order chi connectivity index (χ1) is 15.9. The molecule has 33 heavy (non-hydrogen) atoms. The van der Waals surface area contributed by atoms with Crippen molar-refractivity contribution >= 4 is 15.8 Å². The number of sulfonamides is 1. The summed E-state index contributed by atoms with van der Waals surface area (Å²) < 4.78 is 34.0. The van der Waals surface area contributed by atoms with Crippen LogP contribution in [0, 0.1) is 11.3 Å². The first-order valence-electron chi connectivity index (χ1n) is 10.1. The second-order valence-corrected chi connectivity index (χ2v) is 9.28. The third kappa shape index (κ3) is 3.89. The lowest BCUT2D eigenvalue weighted by molar-refractivity contribution is 0.0918. The molecule has 3 aromatic rings. The molecular formula is C25H21N3O4S. The zero-order valence-corrected chi connectivity index (χ0v) is 18.6. The molecule has 8 heteroatoms. The molecule has 7 nitrogen and oxygen atoms in total. The Morgan fingerprint density at radius 3 is 2.09 bits per heavy atom. The molecule has 1 aliphatic heterocycles. The summed E-state index contributed by atoms with van der Waals surface area (Å²) in [6.07, 6.45) is 0. The number of hydrogen-bond donors (Lipinski definition) is 1. The molecule has 4 rings (SSSR count). The van der Waals surface area contributed by atoms with Crippen LogP contribution in [0.5, 0.6) is 5.75 Å². The summed E-state index contributed by atoms with van der Waals surface area (Å²) in [6, 6.07) is 22.4. The van der Waals surface area contributed by atoms with Crippen LogP contribution in [0.1, 0.15) is 22.0 Å². The van der Waals surface area contributed by atoms with E-state index in [1.165, 1.54) is 19.2 Å². The highest BCUT2D eigenvalue weighted by Gasteiger charge is 2.50. The molecule has 0 aromatic heterocycles. The zero-order valence-electron chi connectivity index (χ0n) is 17.8. The molecule has 0 unspecified atom stereocenters. The molecule has 0 amide bonds. The molecule has 2 N–H and O–H groups in total. The van der Waals surface area contributed by atoms with Gasteiger partial charge in [0, 0.05) is 5.56 Å². The first-order valence-corrected chi connectivity index (χ1v) is 11.6. The first kappa shape index (κ1) is 22.3. The van der Waals surface area contributed by atoms with Crippen LogP contribution in [0.15, 0.2) is 101 Å². The smallest absolute Gasteiger partial charge is 0.245 e. The summed E-state index contributed by atoms with van der Waals surface area (Å²) in [7, 11) is -2.70. The van der Waals surface area contributed by atoms with Crippen LogP contribution < -0.4 is 10.5 Å². The van der Waals surface area contributed by atoms with Gasteiger partial charge in [-0.3, -0.25) is 4.79 Å². The monoisotopic (exact) mass is 459 g/mol. The van der Waals surface area contributed by atoms with Gasteiger partial charge in [0.25, 0.3) is 0 Å². The quantitative estimate of drug-likeness (QED) is 0.565. The maximum absolute atomic E-state index is 13.9. The van der Waals surface area contributed by atoms with Gasteiger partial charge in [0.2, 0.25) is 10.0 Å². The van der Waals surface area contributed by atoms with Gasteiger partial charge in [-0.1, -0.05) is 60.7 Å². The average molecular weight is 460 g/mol. The number of ketones is 1. The normalized spacial score (nSPS) is 18.7. The number of methoxy groups -OCH3 is 1. The molecule has 0 saturated carbocycles. The third-order valence-electron chi connectivity index (χ3n) is 5.57. The summed E-state index contributed by atoms with van der Waals surface area (Å²) in [6.45, 7) is 0. The number of nitrogens with zero attached hydrogens (tertiary/aromatic N) is 2. The van der Waals surface area contributed by atoms with Crippen molar-refractivity contribution in [2.75, 3.05) is 7.11 Å². The van der Waals surface area contributed by atoms with Gasteiger partial charge in [-0.05, 0) is 29.8 Å². The fraction of sp³-hybridized carbons (Fsp3) is 0.120. The van der Waals surface area contributed by atoms with E-state index in [-0.39, 0.29) is 16.2 Å². The maximum atomic E-state index is 13.9. The Bertz CT molecular complexity index is 1350. The number of carbonyl (C=O) groups is 1. The highest BCUT2D eigenvalue weighted by Crippen LogP contribution is 2.44. The Balaban J connectivity index is 1.94. The number of hydrogen-bond acceptors (Lipinski definition) is 6. The Morgan fingerprint density at radius 2 is 1.55 bits per heavy atom. The Morgan fingerprint density at radius 1 is 0.970 bits per heavy atom. The molecule has 1 aliphatic rings. The van der Waals surface area contributed by atoms with Crippen LogP contribution in [0.3, 0.4) is 0 Å². The third-order valence-corrected chi connectivity index (χ3v) is 7.41. The van der Waals surface area contributed by atoms with Crippen molar-refractivity contribution in [3.05, 3.63) is 107 Å². The summed E-state index contributed by atoms with van der Waals surface area (Å²) in [4.78, 5) is 13.5. The van der Waals surface area contributed by atoms with Crippen molar-refractivity contribution in [2.24, 2.45) is 5.73 Å². The van der Waals surface area contributed by atoms with Gasteiger partial charge in [-0.2, -0.15) is 9.57 Å². The molecule has 0 saturated heterocycles. The van der Waals surface area contributed by atoms with E-state index in [0.29, 0.717) is 16.9 Å². The fourth-order valence-electron chi connectivity index (χ4n) is 3.95. The van der Waals surface area contributed by atoms with Crippen LogP contribution in [-0.4, -0.2) is 31.7 Å². The molecule has 1 heterocycles. The van der Waals surface area contributed by atoms with E-state index < -0.39 is 27.9 Å². The van der Waals surface area contributed by atoms with E-state index in [9.17, 15) is 18.5 Å². The standard InChI is InChI=1S/C25H21N3O4S/c1-32-19-14-12-17(13-15-19)23-21(16-26)22(27)24(25(29)18-8-4-2-5-9-18)28(23)33(30,31)20-10-6-3-7-11-20/h2-15,23-24H,27H2,1H3/t23-,24-/m0/s1. The molecule has 0 aliphatic carbocycles. The lowest BCUT2D eigenvalue weighted by Gasteiger charge is -2.30. The van der Waals surface area contributed by atoms with Gasteiger partial charge in [0.1, 0.15) is 11.8 Å². The molecular weight excluding hydrogens is 438 g/mol. The highest BCUT2D eigenvalue weighted by molar-refractivity contribution is 7.89. The number of nitrogens with two attached hydrogens (primary N) is 1. The molecule has 166 valence electrons. The summed E-state index contributed by atoms with van der Waals surface area (Å²) >= 11 is 0. The van der Waals surface area contributed by atoms with Gasteiger partial charge < -0.3 is 10.5 Å². The van der Waals surface area contributed by atoms with Crippen LogP contribution in [0.4, 0.5) is 0 Å². The number of carbonyl (C=O) groups excluding carboxylic acids is 1. The number of ether oxygens (including phenoxy) is 1. The maximum Gasteiger partial charge on any atom is 0.245 e. The SMILES string of the molecule is COc1ccc([C@H]2C(C#N)=C(N)[C@@H](C(=O)c3ccccc3)N2S(=O)(=O)c2ccccc2)cc1. The van der Waals surface area contributed by atoms with Crippen molar-refractivity contribution in [3.8, 4) is 11.8 Å². The van der Waals surface area contributed by atoms with Gasteiger partial charge in [-0.15, -0.1) is 0 Å². The van der Waals surface area contributed by atoms with Crippen LogP contribution >= 0.6 is 0 Å². The number of benzene rings is 3. The number of rotatable bonds is 6. The summed E-state index contributed by atoms with van der Waals surface area (Å²) in [5.41, 5.74) is 7.07.